The lowest BCUT2D eigenvalue weighted by molar-refractivity contribution is 0.0895. The third-order valence-corrected chi connectivity index (χ3v) is 5.91. The van der Waals surface area contributed by atoms with Gasteiger partial charge in [-0.1, -0.05) is 29.3 Å². The van der Waals surface area contributed by atoms with E-state index in [0.29, 0.717) is 18.3 Å². The molecule has 174 valence electrons. The molecule has 1 fully saturated rings. The first-order chi connectivity index (χ1) is 15.8. The largest absolute Gasteiger partial charge is 0.351 e. The molecule has 4 rings (SSSR count). The lowest BCUT2D eigenvalue weighted by Crippen LogP contribution is -2.42. The van der Waals surface area contributed by atoms with Crippen molar-refractivity contribution in [2.75, 3.05) is 19.6 Å². The Labute approximate surface area is 190 Å². The molecule has 2 aromatic heterocycles. The number of carbonyl (C=O) groups is 1. The third-order valence-electron chi connectivity index (χ3n) is 5.91. The van der Waals surface area contributed by atoms with Gasteiger partial charge < -0.3 is 9.84 Å². The smallest absolute Gasteiger partial charge is 0.347 e. The van der Waals surface area contributed by atoms with Crippen LogP contribution in [0.4, 0.5) is 0 Å². The Morgan fingerprint density at radius 1 is 1.21 bits per heavy atom. The standard InChI is InChI=1S/C22H27N7O4/c1-14-7-9-16(10-8-14)29-22(32)27(3)21(31)17(25-29)18-24-20(33-26-18)19(30)23-11-13-28-12-5-4-6-15(28)2/h7-10,15H,4-6,11-13H2,1-3H3,(H,23,30). The molecule has 1 aliphatic rings. The maximum atomic E-state index is 12.6. The molecule has 0 aliphatic carbocycles. The van der Waals surface area contributed by atoms with E-state index in [9.17, 15) is 14.4 Å². The zero-order valence-electron chi connectivity index (χ0n) is 18.9. The van der Waals surface area contributed by atoms with E-state index in [-0.39, 0.29) is 17.4 Å². The molecule has 0 bridgehead atoms. The zero-order valence-corrected chi connectivity index (χ0v) is 18.9. The SMILES string of the molecule is Cc1ccc(-n2nc(-c3noc(C(=O)NCCN4CCCCC4C)n3)c(=O)n(C)c2=O)cc1. The van der Waals surface area contributed by atoms with Crippen molar-refractivity contribution in [1.29, 1.82) is 0 Å². The van der Waals surface area contributed by atoms with Gasteiger partial charge in [-0.2, -0.15) is 14.8 Å². The molecule has 0 spiro atoms. The first kappa shape index (κ1) is 22.6. The molecule has 1 atom stereocenters. The third kappa shape index (κ3) is 4.77. The van der Waals surface area contributed by atoms with Gasteiger partial charge in [-0.25, -0.2) is 4.79 Å². The monoisotopic (exact) mass is 453 g/mol. The highest BCUT2D eigenvalue weighted by molar-refractivity contribution is 5.89. The number of nitrogens with one attached hydrogen (secondary N) is 1. The number of amides is 1. The van der Waals surface area contributed by atoms with Gasteiger partial charge in [0.05, 0.1) is 5.69 Å². The van der Waals surface area contributed by atoms with Gasteiger partial charge in [0.1, 0.15) is 0 Å². The van der Waals surface area contributed by atoms with Crippen LogP contribution in [-0.4, -0.2) is 61.0 Å². The summed E-state index contributed by atoms with van der Waals surface area (Å²) in [5.74, 6) is -0.956. The van der Waals surface area contributed by atoms with E-state index >= 15 is 0 Å². The minimum absolute atomic E-state index is 0.161. The number of hydrogen-bond donors (Lipinski definition) is 1. The molecule has 1 aliphatic heterocycles. The molecular formula is C22H27N7O4. The normalized spacial score (nSPS) is 16.6. The molecule has 11 nitrogen and oxygen atoms in total. The van der Waals surface area contributed by atoms with Crippen LogP contribution < -0.4 is 16.6 Å². The molecule has 3 aromatic rings. The van der Waals surface area contributed by atoms with Crippen LogP contribution in [0.15, 0.2) is 38.4 Å². The van der Waals surface area contributed by atoms with Gasteiger partial charge >= 0.3 is 17.5 Å². The lowest BCUT2D eigenvalue weighted by Gasteiger charge is -2.33. The maximum absolute atomic E-state index is 12.6. The van der Waals surface area contributed by atoms with Crippen molar-refractivity contribution in [3.63, 3.8) is 0 Å². The summed E-state index contributed by atoms with van der Waals surface area (Å²) in [6.07, 6.45) is 3.56. The second kappa shape index (κ2) is 9.49. The van der Waals surface area contributed by atoms with Gasteiger partial charge in [0, 0.05) is 26.2 Å². The average Bonchev–Trinajstić information content (AvgIpc) is 3.30. The van der Waals surface area contributed by atoms with E-state index in [1.807, 2.05) is 19.1 Å². The molecule has 1 amide bonds. The predicted molar refractivity (Wildman–Crippen MR) is 120 cm³/mol. The Morgan fingerprint density at radius 3 is 2.70 bits per heavy atom. The van der Waals surface area contributed by atoms with Crippen molar-refractivity contribution in [3.05, 3.63) is 56.6 Å². The topological polar surface area (TPSA) is 128 Å². The predicted octanol–water partition coefficient (Wildman–Crippen LogP) is 0.894. The number of carbonyl (C=O) groups excluding carboxylic acids is 1. The Morgan fingerprint density at radius 2 is 1.97 bits per heavy atom. The summed E-state index contributed by atoms with van der Waals surface area (Å²) >= 11 is 0. The van der Waals surface area contributed by atoms with Gasteiger partial charge in [-0.3, -0.25) is 19.1 Å². The number of nitrogens with zero attached hydrogens (tertiary/aromatic N) is 6. The molecule has 11 heteroatoms. The van der Waals surface area contributed by atoms with Gasteiger partial charge in [0.2, 0.25) is 5.82 Å². The fourth-order valence-corrected chi connectivity index (χ4v) is 3.86. The van der Waals surface area contributed by atoms with Crippen LogP contribution in [0.1, 0.15) is 42.4 Å². The van der Waals surface area contributed by atoms with Crippen molar-refractivity contribution >= 4 is 5.91 Å². The van der Waals surface area contributed by atoms with E-state index in [0.717, 1.165) is 40.7 Å². The minimum Gasteiger partial charge on any atom is -0.347 e. The van der Waals surface area contributed by atoms with Crippen LogP contribution in [0.2, 0.25) is 0 Å². The summed E-state index contributed by atoms with van der Waals surface area (Å²) in [7, 11) is 1.34. The van der Waals surface area contributed by atoms with E-state index < -0.39 is 17.2 Å². The molecule has 1 saturated heterocycles. The minimum atomic E-state index is -0.685. The number of piperidine rings is 1. The molecular weight excluding hydrogens is 426 g/mol. The van der Waals surface area contributed by atoms with E-state index in [4.69, 9.17) is 4.52 Å². The highest BCUT2D eigenvalue weighted by atomic mass is 16.5. The molecule has 0 saturated carbocycles. The second-order valence-electron chi connectivity index (χ2n) is 8.30. The Balaban J connectivity index is 1.53. The molecule has 1 N–H and O–H groups in total. The lowest BCUT2D eigenvalue weighted by atomic mass is 10.0. The summed E-state index contributed by atoms with van der Waals surface area (Å²) in [5.41, 5.74) is 0.00934. The van der Waals surface area contributed by atoms with Crippen LogP contribution in [-0.2, 0) is 7.05 Å². The Bertz CT molecular complexity index is 1260. The molecule has 1 aromatic carbocycles. The van der Waals surface area contributed by atoms with Gasteiger partial charge in [-0.05, 0) is 45.4 Å². The number of rotatable bonds is 6. The summed E-state index contributed by atoms with van der Waals surface area (Å²) < 4.78 is 7.07. The molecule has 33 heavy (non-hydrogen) atoms. The number of hydrogen-bond acceptors (Lipinski definition) is 8. The van der Waals surface area contributed by atoms with Crippen LogP contribution in [0.3, 0.4) is 0 Å². The highest BCUT2D eigenvalue weighted by Crippen LogP contribution is 2.15. The number of aromatic nitrogens is 5. The van der Waals surface area contributed by atoms with Crippen molar-refractivity contribution < 1.29 is 9.32 Å². The fourth-order valence-electron chi connectivity index (χ4n) is 3.86. The van der Waals surface area contributed by atoms with Gasteiger partial charge in [-0.15, -0.1) is 0 Å². The molecule has 3 heterocycles. The molecule has 0 radical (unpaired) electrons. The van der Waals surface area contributed by atoms with E-state index in [2.05, 4.69) is 32.4 Å². The van der Waals surface area contributed by atoms with Gasteiger partial charge in [0.25, 0.3) is 5.56 Å². The Kier molecular flexibility index (Phi) is 6.50. The van der Waals surface area contributed by atoms with Crippen LogP contribution in [0, 0.1) is 6.92 Å². The van der Waals surface area contributed by atoms with E-state index in [1.165, 1.54) is 13.5 Å². The number of benzene rings is 1. The van der Waals surface area contributed by atoms with Crippen LogP contribution in [0.5, 0.6) is 0 Å². The average molecular weight is 454 g/mol. The van der Waals surface area contributed by atoms with Crippen molar-refractivity contribution in [1.82, 2.24) is 34.7 Å². The second-order valence-corrected chi connectivity index (χ2v) is 8.30. The fraction of sp³-hybridized carbons (Fsp3) is 0.455. The summed E-state index contributed by atoms with van der Waals surface area (Å²) in [6.45, 7) is 6.31. The number of likely N-dealkylation sites (tertiary alicyclic amines) is 1. The van der Waals surface area contributed by atoms with Gasteiger partial charge in [0.15, 0.2) is 5.69 Å². The van der Waals surface area contributed by atoms with Crippen LogP contribution in [0.25, 0.3) is 17.2 Å². The maximum Gasteiger partial charge on any atom is 0.351 e. The summed E-state index contributed by atoms with van der Waals surface area (Å²) in [5, 5.41) is 10.7. The highest BCUT2D eigenvalue weighted by Gasteiger charge is 2.22. The molecule has 1 unspecified atom stereocenters. The van der Waals surface area contributed by atoms with Crippen molar-refractivity contribution in [3.8, 4) is 17.2 Å². The zero-order chi connectivity index (χ0) is 23.5. The van der Waals surface area contributed by atoms with Crippen LogP contribution >= 0.6 is 0 Å². The first-order valence-corrected chi connectivity index (χ1v) is 11.0. The summed E-state index contributed by atoms with van der Waals surface area (Å²) in [6, 6.07) is 7.59. The first-order valence-electron chi connectivity index (χ1n) is 11.0. The quantitative estimate of drug-likeness (QED) is 0.583. The van der Waals surface area contributed by atoms with Crippen molar-refractivity contribution in [2.24, 2.45) is 7.05 Å². The number of aryl methyl sites for hydroxylation is 1. The summed E-state index contributed by atoms with van der Waals surface area (Å²) in [4.78, 5) is 44.1. The van der Waals surface area contributed by atoms with E-state index in [1.54, 1.807) is 12.1 Å². The van der Waals surface area contributed by atoms with Crippen molar-refractivity contribution in [2.45, 2.75) is 39.2 Å². The Hall–Kier alpha value is -3.60.